The molecule has 2 aliphatic carbocycles. The first-order chi connectivity index (χ1) is 17.6. The predicted molar refractivity (Wildman–Crippen MR) is 133 cm³/mol. The molecule has 14 unspecified atom stereocenters. The van der Waals surface area contributed by atoms with Gasteiger partial charge in [0.25, 0.3) is 0 Å². The molecular weight excluding hydrogens is 472 g/mol. The van der Waals surface area contributed by atoms with E-state index < -0.39 is 47.9 Å². The normalized spacial score (nSPS) is 61.7. The number of rotatable bonds is 2. The maximum atomic E-state index is 6.77. The van der Waals surface area contributed by atoms with Crippen molar-refractivity contribution < 1.29 is 33.2 Å². The van der Waals surface area contributed by atoms with Crippen LogP contribution in [0.4, 0.5) is 0 Å². The fourth-order valence-corrected chi connectivity index (χ4v) is 9.99. The van der Waals surface area contributed by atoms with Crippen LogP contribution in [0, 0.1) is 35.5 Å². The van der Waals surface area contributed by atoms with Crippen LogP contribution in [0.3, 0.4) is 0 Å². The van der Waals surface area contributed by atoms with Crippen molar-refractivity contribution in [2.24, 2.45) is 35.5 Å². The van der Waals surface area contributed by atoms with E-state index in [9.17, 15) is 0 Å². The van der Waals surface area contributed by atoms with Crippen LogP contribution >= 0.6 is 0 Å². The van der Waals surface area contributed by atoms with Gasteiger partial charge in [0.15, 0.2) is 36.7 Å². The maximum Gasteiger partial charge on any atom is 0.194 e. The van der Waals surface area contributed by atoms with Gasteiger partial charge in [-0.25, -0.2) is 0 Å². The summed E-state index contributed by atoms with van der Waals surface area (Å²) in [4.78, 5) is 0. The van der Waals surface area contributed by atoms with E-state index in [-0.39, 0.29) is 11.8 Å². The lowest BCUT2D eigenvalue weighted by Gasteiger charge is -2.58. The quantitative estimate of drug-likeness (QED) is 0.458. The zero-order chi connectivity index (χ0) is 25.5. The molecule has 204 valence electrons. The summed E-state index contributed by atoms with van der Waals surface area (Å²) in [5.41, 5.74) is 0.918. The highest BCUT2D eigenvalue weighted by atomic mass is 16.9. The van der Waals surface area contributed by atoms with Crippen molar-refractivity contribution in [3.05, 3.63) is 24.3 Å². The summed E-state index contributed by atoms with van der Waals surface area (Å²) in [6, 6.07) is 0. The molecule has 2 spiro atoms. The maximum absolute atomic E-state index is 6.77. The number of ether oxygens (including phenoxy) is 7. The first-order valence-corrected chi connectivity index (χ1v) is 14.7. The molecule has 7 heteroatoms. The topological polar surface area (TPSA) is 64.6 Å². The van der Waals surface area contributed by atoms with Crippen LogP contribution < -0.4 is 0 Å². The molecule has 37 heavy (non-hydrogen) atoms. The molecule has 0 aromatic heterocycles. The van der Waals surface area contributed by atoms with Gasteiger partial charge < -0.3 is 33.2 Å². The number of hydrogen-bond acceptors (Lipinski definition) is 7. The van der Waals surface area contributed by atoms with Crippen molar-refractivity contribution in [3.8, 4) is 0 Å². The molecule has 0 radical (unpaired) electrons. The summed E-state index contributed by atoms with van der Waals surface area (Å²) in [5, 5.41) is 0. The minimum Gasteiger partial charge on any atom is -0.337 e. The van der Waals surface area contributed by atoms with Crippen LogP contribution in [-0.2, 0) is 33.2 Å². The molecule has 7 nitrogen and oxygen atoms in total. The summed E-state index contributed by atoms with van der Waals surface area (Å²) < 4.78 is 46.4. The van der Waals surface area contributed by atoms with Gasteiger partial charge in [-0.1, -0.05) is 27.0 Å². The second kappa shape index (κ2) is 7.48. The molecule has 8 aliphatic rings. The lowest BCUT2D eigenvalue weighted by molar-refractivity contribution is -0.348. The van der Waals surface area contributed by atoms with Crippen molar-refractivity contribution in [2.45, 2.75) is 127 Å². The molecule has 0 aromatic rings. The monoisotopic (exact) mass is 514 g/mol. The molecule has 8 rings (SSSR count). The minimum absolute atomic E-state index is 0.131. The van der Waals surface area contributed by atoms with Crippen LogP contribution in [-0.4, -0.2) is 47.9 Å². The standard InChI is InChI=1S/C30H42O7/c1-15-7-9-21-17(3)23(32-25-29(21)19(15)11-13-27(5,34-25)36-29)31-24-18(4)22-10-8-16(2)20-12-14-28(6)35-26(33-24)30(20,22)37-28/h15-16,19-26H,3-4,7-14H2,1-2,5-6H3. The summed E-state index contributed by atoms with van der Waals surface area (Å²) in [6.45, 7) is 17.9. The van der Waals surface area contributed by atoms with Crippen molar-refractivity contribution in [1.82, 2.24) is 0 Å². The first kappa shape index (κ1) is 24.0. The van der Waals surface area contributed by atoms with Gasteiger partial charge in [-0.15, -0.1) is 0 Å². The molecule has 0 N–H and O–H groups in total. The van der Waals surface area contributed by atoms with Crippen LogP contribution in [0.1, 0.15) is 79.1 Å². The van der Waals surface area contributed by atoms with Crippen LogP contribution in [0.15, 0.2) is 24.3 Å². The largest absolute Gasteiger partial charge is 0.337 e. The molecule has 0 aromatic carbocycles. The van der Waals surface area contributed by atoms with Gasteiger partial charge in [0, 0.05) is 24.7 Å². The van der Waals surface area contributed by atoms with E-state index >= 15 is 0 Å². The Labute approximate surface area is 220 Å². The van der Waals surface area contributed by atoms with Gasteiger partial charge in [-0.2, -0.15) is 0 Å². The highest BCUT2D eigenvalue weighted by Crippen LogP contribution is 2.65. The lowest BCUT2D eigenvalue weighted by Crippen LogP contribution is -2.66. The SMILES string of the molecule is C=C1C(OC2OC3OC4(C)CCC5C(C)CCC(C2=C)C35O4)OC2OC3(C)CCC4C(C)CCC1C24O3. The molecule has 4 bridgehead atoms. The predicted octanol–water partition coefficient (Wildman–Crippen LogP) is 5.40. The smallest absolute Gasteiger partial charge is 0.194 e. The van der Waals surface area contributed by atoms with Crippen molar-refractivity contribution in [3.63, 3.8) is 0 Å². The molecule has 8 fully saturated rings. The zero-order valence-corrected chi connectivity index (χ0v) is 22.7. The molecule has 2 saturated carbocycles. The molecular formula is C30H42O7. The second-order valence-electron chi connectivity index (χ2n) is 13.8. The van der Waals surface area contributed by atoms with E-state index in [2.05, 4.69) is 40.9 Å². The average molecular weight is 515 g/mol. The zero-order valence-electron chi connectivity index (χ0n) is 22.7. The van der Waals surface area contributed by atoms with Gasteiger partial charge in [0.1, 0.15) is 11.2 Å². The van der Waals surface area contributed by atoms with Crippen molar-refractivity contribution in [1.29, 1.82) is 0 Å². The van der Waals surface area contributed by atoms with Crippen LogP contribution in [0.25, 0.3) is 0 Å². The Balaban J connectivity index is 1.09. The first-order valence-electron chi connectivity index (χ1n) is 14.7. The number of fused-ring (bicyclic) bond motifs is 2. The Morgan fingerprint density at radius 1 is 0.676 bits per heavy atom. The van der Waals surface area contributed by atoms with Gasteiger partial charge >= 0.3 is 0 Å². The molecule has 0 amide bonds. The van der Waals surface area contributed by atoms with Gasteiger partial charge in [-0.05, 0) is 87.2 Å². The van der Waals surface area contributed by atoms with E-state index in [1.54, 1.807) is 0 Å². The molecule has 6 aliphatic heterocycles. The Morgan fingerprint density at radius 2 is 1.11 bits per heavy atom. The lowest BCUT2D eigenvalue weighted by atomic mass is 9.58. The third kappa shape index (κ3) is 2.92. The van der Waals surface area contributed by atoms with Crippen molar-refractivity contribution >= 4 is 0 Å². The van der Waals surface area contributed by atoms with Gasteiger partial charge in [0.2, 0.25) is 0 Å². The van der Waals surface area contributed by atoms with Crippen molar-refractivity contribution in [2.75, 3.05) is 0 Å². The van der Waals surface area contributed by atoms with Crippen LogP contribution in [0.5, 0.6) is 0 Å². The fourth-order valence-electron chi connectivity index (χ4n) is 9.99. The minimum atomic E-state index is -0.646. The third-order valence-corrected chi connectivity index (χ3v) is 11.7. The Kier molecular flexibility index (Phi) is 4.86. The Bertz CT molecular complexity index is 965. The van der Waals surface area contributed by atoms with E-state index in [1.807, 2.05) is 0 Å². The van der Waals surface area contributed by atoms with E-state index in [0.29, 0.717) is 23.7 Å². The second-order valence-corrected chi connectivity index (χ2v) is 13.8. The van der Waals surface area contributed by atoms with Crippen LogP contribution in [0.2, 0.25) is 0 Å². The van der Waals surface area contributed by atoms with E-state index in [4.69, 9.17) is 33.2 Å². The summed E-state index contributed by atoms with van der Waals surface area (Å²) in [5.74, 6) is 0.971. The van der Waals surface area contributed by atoms with Gasteiger partial charge in [-0.3, -0.25) is 0 Å². The van der Waals surface area contributed by atoms with Gasteiger partial charge in [0.05, 0.1) is 0 Å². The summed E-state index contributed by atoms with van der Waals surface area (Å²) >= 11 is 0. The molecule has 14 atom stereocenters. The molecule has 6 heterocycles. The highest BCUT2D eigenvalue weighted by Gasteiger charge is 2.73. The Morgan fingerprint density at radius 3 is 1.54 bits per heavy atom. The fraction of sp³-hybridized carbons (Fsp3) is 0.867. The van der Waals surface area contributed by atoms with E-state index in [1.165, 1.54) is 0 Å². The molecule has 6 saturated heterocycles. The average Bonchev–Trinajstić information content (AvgIpc) is 3.20. The summed E-state index contributed by atoms with van der Waals surface area (Å²) in [7, 11) is 0. The van der Waals surface area contributed by atoms with E-state index in [0.717, 1.165) is 62.5 Å². The highest BCUT2D eigenvalue weighted by molar-refractivity contribution is 5.26. The summed E-state index contributed by atoms with van der Waals surface area (Å²) in [6.07, 6.45) is 6.04. The Hall–Kier alpha value is -0.800. The third-order valence-electron chi connectivity index (χ3n) is 11.7. The number of hydrogen-bond donors (Lipinski definition) is 0.